The van der Waals surface area contributed by atoms with Crippen molar-refractivity contribution >= 4 is 40.9 Å². The van der Waals surface area contributed by atoms with Gasteiger partial charge in [0, 0.05) is 6.08 Å². The van der Waals surface area contributed by atoms with Crippen LogP contribution in [0.4, 0.5) is 0 Å². The van der Waals surface area contributed by atoms with E-state index in [-0.39, 0.29) is 17.1 Å². The number of methoxy groups -OCH3 is 1. The molecule has 8 heteroatoms. The van der Waals surface area contributed by atoms with E-state index in [2.05, 4.69) is 4.98 Å². The van der Waals surface area contributed by atoms with E-state index in [1.54, 1.807) is 30.3 Å². The van der Waals surface area contributed by atoms with Gasteiger partial charge in [0.05, 0.1) is 34.2 Å². The molecule has 6 nitrogen and oxygen atoms in total. The molecule has 0 radical (unpaired) electrons. The monoisotopic (exact) mass is 405 g/mol. The molecule has 2 aromatic heterocycles. The Labute approximate surface area is 163 Å². The number of hydrogen-bond donors (Lipinski definition) is 1. The Hall–Kier alpha value is -2.77. The summed E-state index contributed by atoms with van der Waals surface area (Å²) in [6.07, 6.45) is 4.42. The van der Waals surface area contributed by atoms with E-state index in [1.807, 2.05) is 6.92 Å². The average molecular weight is 406 g/mol. The molecule has 0 saturated carbocycles. The fraction of sp³-hybridized carbons (Fsp3) is 0.158. The Balaban J connectivity index is 2.02. The third-order valence-electron chi connectivity index (χ3n) is 3.54. The number of carbonyl (C=O) groups excluding carboxylic acids is 1. The zero-order chi connectivity index (χ0) is 19.4. The quantitative estimate of drug-likeness (QED) is 0.637. The van der Waals surface area contributed by atoms with Crippen molar-refractivity contribution in [3.63, 3.8) is 0 Å². The second kappa shape index (κ2) is 8.28. The summed E-state index contributed by atoms with van der Waals surface area (Å²) in [6, 6.07) is 6.61. The van der Waals surface area contributed by atoms with Crippen LogP contribution < -0.4 is 24.2 Å². The number of Topliss-reactive ketones (excluding diaryl/α,β-unsaturated/α-hetero) is 1. The minimum absolute atomic E-state index is 0.207. The van der Waals surface area contributed by atoms with Gasteiger partial charge in [-0.05, 0) is 42.8 Å². The highest BCUT2D eigenvalue weighted by molar-refractivity contribution is 7.07. The Kier molecular flexibility index (Phi) is 5.83. The first-order valence-electron chi connectivity index (χ1n) is 8.02. The zero-order valence-corrected chi connectivity index (χ0v) is 16.1. The van der Waals surface area contributed by atoms with Gasteiger partial charge in [-0.25, -0.2) is 0 Å². The molecule has 1 N–H and O–H groups in total. The highest BCUT2D eigenvalue weighted by atomic mass is 35.5. The van der Waals surface area contributed by atoms with Crippen molar-refractivity contribution in [1.29, 1.82) is 0 Å². The van der Waals surface area contributed by atoms with Gasteiger partial charge in [-0.1, -0.05) is 11.6 Å². The second-order valence-corrected chi connectivity index (χ2v) is 6.87. The van der Waals surface area contributed by atoms with E-state index in [0.29, 0.717) is 37.9 Å². The van der Waals surface area contributed by atoms with Crippen LogP contribution in [-0.4, -0.2) is 24.5 Å². The lowest BCUT2D eigenvalue weighted by atomic mass is 10.2. The van der Waals surface area contributed by atoms with E-state index < -0.39 is 0 Å². The maximum atomic E-state index is 12.2. The van der Waals surface area contributed by atoms with Gasteiger partial charge in [-0.3, -0.25) is 9.59 Å². The van der Waals surface area contributed by atoms with E-state index in [9.17, 15) is 9.59 Å². The van der Waals surface area contributed by atoms with Crippen molar-refractivity contribution in [2.45, 2.75) is 6.92 Å². The van der Waals surface area contributed by atoms with Crippen LogP contribution in [0.5, 0.6) is 11.5 Å². The number of aromatic amines is 1. The number of carbonyl (C=O) groups is 1. The van der Waals surface area contributed by atoms with E-state index in [4.69, 9.17) is 25.5 Å². The normalized spacial score (nSPS) is 12.4. The number of H-pyrrole nitrogens is 1. The summed E-state index contributed by atoms with van der Waals surface area (Å²) in [5.74, 6) is 0.814. The number of benzene rings is 1. The lowest BCUT2D eigenvalue weighted by Gasteiger charge is -2.11. The summed E-state index contributed by atoms with van der Waals surface area (Å²) >= 11 is 7.40. The maximum absolute atomic E-state index is 12.2. The summed E-state index contributed by atoms with van der Waals surface area (Å²) in [5, 5.41) is 0.377. The summed E-state index contributed by atoms with van der Waals surface area (Å²) in [7, 11) is 1.51. The van der Waals surface area contributed by atoms with Gasteiger partial charge in [0.15, 0.2) is 17.3 Å². The van der Waals surface area contributed by atoms with Gasteiger partial charge in [-0.2, -0.15) is 0 Å². The molecule has 140 valence electrons. The largest absolute Gasteiger partial charge is 0.491 e. The number of thiazole rings is 1. The van der Waals surface area contributed by atoms with Crippen LogP contribution in [0.3, 0.4) is 0 Å². The third kappa shape index (κ3) is 4.32. The highest BCUT2D eigenvalue weighted by Crippen LogP contribution is 2.36. The smallest absolute Gasteiger partial charge is 0.266 e. The number of aromatic nitrogens is 1. The molecule has 0 aliphatic carbocycles. The minimum Gasteiger partial charge on any atom is -0.491 e. The van der Waals surface area contributed by atoms with E-state index >= 15 is 0 Å². The number of furan rings is 1. The minimum atomic E-state index is -0.324. The predicted molar refractivity (Wildman–Crippen MR) is 104 cm³/mol. The standard InChI is InChI=1S/C19H16ClNO5S/c1-3-25-15-8-11(7-12(20)18(15)24-2)9-16-19(23)21-17(27-16)10-13(22)14-5-4-6-26-14/h4-10H,3H2,1-2H3,(H,21,23)/b16-9-,17-10-. The first-order chi connectivity index (χ1) is 13.0. The van der Waals surface area contributed by atoms with Gasteiger partial charge in [0.2, 0.25) is 5.78 Å². The molecule has 0 aliphatic heterocycles. The van der Waals surface area contributed by atoms with Crippen LogP contribution >= 0.6 is 22.9 Å². The lowest BCUT2D eigenvalue weighted by molar-refractivity contribution is 0.103. The topological polar surface area (TPSA) is 81.5 Å². The molecule has 2 heterocycles. The van der Waals surface area contributed by atoms with Crippen molar-refractivity contribution in [2.75, 3.05) is 13.7 Å². The first kappa shape index (κ1) is 19.0. The van der Waals surface area contributed by atoms with Crippen molar-refractivity contribution in [3.8, 4) is 11.5 Å². The Morgan fingerprint density at radius 2 is 2.22 bits per heavy atom. The van der Waals surface area contributed by atoms with Crippen LogP contribution in [0.25, 0.3) is 12.2 Å². The van der Waals surface area contributed by atoms with Gasteiger partial charge in [0.25, 0.3) is 5.56 Å². The third-order valence-corrected chi connectivity index (χ3v) is 4.78. The predicted octanol–water partition coefficient (Wildman–Crippen LogP) is 2.58. The molecule has 0 atom stereocenters. The highest BCUT2D eigenvalue weighted by Gasteiger charge is 2.11. The fourth-order valence-corrected chi connectivity index (χ4v) is 3.60. The van der Waals surface area contributed by atoms with Crippen LogP contribution in [0, 0.1) is 0 Å². The second-order valence-electron chi connectivity index (χ2n) is 5.38. The molecule has 27 heavy (non-hydrogen) atoms. The number of halogens is 1. The van der Waals surface area contributed by atoms with Crippen LogP contribution in [0.15, 0.2) is 39.7 Å². The zero-order valence-electron chi connectivity index (χ0n) is 14.6. The molecule has 3 aromatic rings. The van der Waals surface area contributed by atoms with Crippen molar-refractivity contribution in [3.05, 3.63) is 66.4 Å². The maximum Gasteiger partial charge on any atom is 0.266 e. The van der Waals surface area contributed by atoms with Crippen LogP contribution in [-0.2, 0) is 0 Å². The summed E-state index contributed by atoms with van der Waals surface area (Å²) in [6.45, 7) is 2.30. The molecule has 3 rings (SSSR count). The number of ether oxygens (including phenoxy) is 2. The van der Waals surface area contributed by atoms with Crippen molar-refractivity contribution in [1.82, 2.24) is 4.98 Å². The molecule has 0 fully saturated rings. The van der Waals surface area contributed by atoms with Crippen molar-refractivity contribution in [2.24, 2.45) is 0 Å². The van der Waals surface area contributed by atoms with Gasteiger partial charge in [-0.15, -0.1) is 11.3 Å². The Morgan fingerprint density at radius 3 is 2.89 bits per heavy atom. The SMILES string of the molecule is CCOc1cc(/C=c2\s/c(=C\C(=O)c3ccco3)[nH]c2=O)cc(Cl)c1OC. The molecule has 0 unspecified atom stereocenters. The summed E-state index contributed by atoms with van der Waals surface area (Å²) < 4.78 is 16.7. The van der Waals surface area contributed by atoms with E-state index in [0.717, 1.165) is 11.3 Å². The molecule has 0 amide bonds. The number of nitrogens with one attached hydrogen (secondary N) is 1. The molecule has 1 aromatic carbocycles. The van der Waals surface area contributed by atoms with Gasteiger partial charge >= 0.3 is 0 Å². The first-order valence-corrected chi connectivity index (χ1v) is 9.22. The van der Waals surface area contributed by atoms with Gasteiger partial charge < -0.3 is 18.9 Å². The summed E-state index contributed by atoms with van der Waals surface area (Å²) in [4.78, 5) is 26.9. The fourth-order valence-electron chi connectivity index (χ4n) is 2.42. The average Bonchev–Trinajstić information content (AvgIpc) is 3.26. The molecular weight excluding hydrogens is 390 g/mol. The molecule has 0 aliphatic rings. The number of ketones is 1. The van der Waals surface area contributed by atoms with Crippen LogP contribution in [0.1, 0.15) is 23.0 Å². The number of hydrogen-bond acceptors (Lipinski definition) is 6. The molecule has 0 spiro atoms. The van der Waals surface area contributed by atoms with E-state index in [1.165, 1.54) is 19.4 Å². The Bertz CT molecular complexity index is 1130. The Morgan fingerprint density at radius 1 is 1.41 bits per heavy atom. The molecule has 0 saturated heterocycles. The van der Waals surface area contributed by atoms with Gasteiger partial charge in [0.1, 0.15) is 0 Å². The van der Waals surface area contributed by atoms with Crippen LogP contribution in [0.2, 0.25) is 5.02 Å². The van der Waals surface area contributed by atoms with Crippen molar-refractivity contribution < 1.29 is 18.7 Å². The lowest BCUT2D eigenvalue weighted by Crippen LogP contribution is -2.20. The molecule has 0 bridgehead atoms. The number of rotatable bonds is 6. The molecular formula is C19H16ClNO5S. The summed E-state index contributed by atoms with van der Waals surface area (Å²) in [5.41, 5.74) is 0.379.